The van der Waals surface area contributed by atoms with Crippen LogP contribution in [0.25, 0.3) is 0 Å². The van der Waals surface area contributed by atoms with Crippen LogP contribution in [0, 0.1) is 29.6 Å². The van der Waals surface area contributed by atoms with Crippen LogP contribution in [0.5, 0.6) is 11.6 Å². The first kappa shape index (κ1) is 20.6. The van der Waals surface area contributed by atoms with Gasteiger partial charge in [0.2, 0.25) is 11.8 Å². The standard InChI is InChI=1S/C22H15Cl2N5O2/c1-11-18-19(15(9-26)21(27)31-22(18)29-28-11)14-6-16(23)20(17(24)7-14)30-10-13-5-3-2-4-12(13)8-25/h2-7,19H,10,27H2,1H3,(H,28,29)/t19-/m1/s1. The zero-order valence-corrected chi connectivity index (χ0v) is 17.8. The normalized spacial score (nSPS) is 14.9. The number of fused-ring (bicyclic) bond motifs is 1. The van der Waals surface area contributed by atoms with E-state index in [1.165, 1.54) is 0 Å². The summed E-state index contributed by atoms with van der Waals surface area (Å²) in [6, 6.07) is 14.7. The summed E-state index contributed by atoms with van der Waals surface area (Å²) in [6.45, 7) is 1.95. The van der Waals surface area contributed by atoms with Crippen LogP contribution in [0.2, 0.25) is 10.0 Å². The highest BCUT2D eigenvalue weighted by Crippen LogP contribution is 2.45. The molecule has 0 saturated carbocycles. The molecule has 0 aliphatic carbocycles. The molecular formula is C22H15Cl2N5O2. The lowest BCUT2D eigenvalue weighted by molar-refractivity contribution is 0.306. The molecule has 0 fully saturated rings. The van der Waals surface area contributed by atoms with Crippen LogP contribution in [0.15, 0.2) is 47.9 Å². The number of nitrogens with one attached hydrogen (secondary N) is 1. The Morgan fingerprint density at radius 1 is 1.19 bits per heavy atom. The fraction of sp³-hybridized carbons (Fsp3) is 0.136. The van der Waals surface area contributed by atoms with E-state index < -0.39 is 5.92 Å². The number of allylic oxidation sites excluding steroid dienone is 1. The predicted octanol–water partition coefficient (Wildman–Crippen LogP) is 4.69. The molecule has 1 aliphatic heterocycles. The van der Waals surface area contributed by atoms with Gasteiger partial charge >= 0.3 is 0 Å². The second-order valence-corrected chi connectivity index (χ2v) is 7.68. The number of aromatic nitrogens is 2. The van der Waals surface area contributed by atoms with Crippen LogP contribution < -0.4 is 15.2 Å². The van der Waals surface area contributed by atoms with Crippen LogP contribution in [0.3, 0.4) is 0 Å². The van der Waals surface area contributed by atoms with Gasteiger partial charge in [-0.15, -0.1) is 5.10 Å². The molecule has 31 heavy (non-hydrogen) atoms. The predicted molar refractivity (Wildman–Crippen MR) is 115 cm³/mol. The van der Waals surface area contributed by atoms with Gasteiger partial charge in [-0.25, -0.2) is 0 Å². The fourth-order valence-corrected chi connectivity index (χ4v) is 4.13. The summed E-state index contributed by atoms with van der Waals surface area (Å²) in [7, 11) is 0. The molecular weight excluding hydrogens is 437 g/mol. The third-order valence-electron chi connectivity index (χ3n) is 4.99. The lowest BCUT2D eigenvalue weighted by Gasteiger charge is -2.24. The van der Waals surface area contributed by atoms with Crippen molar-refractivity contribution in [1.82, 2.24) is 10.2 Å². The highest BCUT2D eigenvalue weighted by atomic mass is 35.5. The zero-order chi connectivity index (χ0) is 22.1. The molecule has 0 bridgehead atoms. The first-order valence-electron chi connectivity index (χ1n) is 9.16. The average molecular weight is 452 g/mol. The van der Waals surface area contributed by atoms with Gasteiger partial charge < -0.3 is 15.2 Å². The average Bonchev–Trinajstić information content (AvgIpc) is 3.12. The molecule has 7 nitrogen and oxygen atoms in total. The number of hydrogen-bond acceptors (Lipinski definition) is 6. The summed E-state index contributed by atoms with van der Waals surface area (Å²) in [5.74, 6) is 0.0224. The van der Waals surface area contributed by atoms with Crippen molar-refractivity contribution in [3.05, 3.63) is 85.8 Å². The maximum Gasteiger partial charge on any atom is 0.244 e. The molecule has 9 heteroatoms. The van der Waals surface area contributed by atoms with Gasteiger partial charge in [-0.2, -0.15) is 10.5 Å². The number of ether oxygens (including phenoxy) is 2. The molecule has 3 aromatic rings. The highest BCUT2D eigenvalue weighted by Gasteiger charge is 2.35. The van der Waals surface area contributed by atoms with E-state index in [9.17, 15) is 10.5 Å². The maximum atomic E-state index is 9.68. The van der Waals surface area contributed by atoms with Gasteiger partial charge in [-0.05, 0) is 30.7 Å². The van der Waals surface area contributed by atoms with Gasteiger partial charge in [0.25, 0.3) is 0 Å². The third-order valence-corrected chi connectivity index (χ3v) is 5.55. The minimum Gasteiger partial charge on any atom is -0.486 e. The smallest absolute Gasteiger partial charge is 0.244 e. The van der Waals surface area contributed by atoms with Crippen molar-refractivity contribution in [2.45, 2.75) is 19.4 Å². The molecule has 0 saturated heterocycles. The van der Waals surface area contributed by atoms with Crippen LogP contribution in [-0.4, -0.2) is 10.2 Å². The van der Waals surface area contributed by atoms with Crippen molar-refractivity contribution in [3.63, 3.8) is 0 Å². The molecule has 0 unspecified atom stereocenters. The Labute approximate surface area is 188 Å². The van der Waals surface area contributed by atoms with Crippen LogP contribution >= 0.6 is 23.2 Å². The lowest BCUT2D eigenvalue weighted by Crippen LogP contribution is -2.21. The number of nitrogens with two attached hydrogens (primary N) is 1. The Morgan fingerprint density at radius 2 is 1.90 bits per heavy atom. The van der Waals surface area contributed by atoms with E-state index in [-0.39, 0.29) is 33.9 Å². The quantitative estimate of drug-likeness (QED) is 0.592. The number of benzene rings is 2. The van der Waals surface area contributed by atoms with E-state index in [1.54, 1.807) is 30.3 Å². The largest absolute Gasteiger partial charge is 0.486 e. The summed E-state index contributed by atoms with van der Waals surface area (Å²) in [6.07, 6.45) is 0. The SMILES string of the molecule is Cc1[nH]nc2c1[C@H](c1cc(Cl)c(OCc3ccccc3C#N)c(Cl)c1)C(C#N)=C(N)O2. The van der Waals surface area contributed by atoms with Gasteiger partial charge in [0.15, 0.2) is 5.75 Å². The first-order chi connectivity index (χ1) is 14.9. The maximum absolute atomic E-state index is 9.68. The van der Waals surface area contributed by atoms with Gasteiger partial charge in [-0.3, -0.25) is 5.10 Å². The monoisotopic (exact) mass is 451 g/mol. The second-order valence-electron chi connectivity index (χ2n) is 6.86. The van der Waals surface area contributed by atoms with Gasteiger partial charge in [0.1, 0.15) is 18.2 Å². The number of rotatable bonds is 4. The number of aryl methyl sites for hydroxylation is 1. The summed E-state index contributed by atoms with van der Waals surface area (Å²) in [5, 5.41) is 26.4. The molecule has 154 valence electrons. The highest BCUT2D eigenvalue weighted by molar-refractivity contribution is 6.37. The molecule has 3 N–H and O–H groups in total. The summed E-state index contributed by atoms with van der Waals surface area (Å²) in [5.41, 5.74) is 9.49. The van der Waals surface area contributed by atoms with Crippen molar-refractivity contribution >= 4 is 23.2 Å². The Balaban J connectivity index is 1.72. The third kappa shape index (κ3) is 3.66. The minimum absolute atomic E-state index is 0.0211. The Morgan fingerprint density at radius 3 is 2.58 bits per heavy atom. The van der Waals surface area contributed by atoms with Crippen molar-refractivity contribution < 1.29 is 9.47 Å². The van der Waals surface area contributed by atoms with Crippen molar-refractivity contribution in [2.75, 3.05) is 0 Å². The van der Waals surface area contributed by atoms with Crippen molar-refractivity contribution in [2.24, 2.45) is 5.73 Å². The number of hydrogen-bond donors (Lipinski definition) is 2. The van der Waals surface area contributed by atoms with Gasteiger partial charge in [-0.1, -0.05) is 41.4 Å². The van der Waals surface area contributed by atoms with Crippen molar-refractivity contribution in [1.29, 1.82) is 10.5 Å². The molecule has 1 aliphatic rings. The number of aromatic amines is 1. The molecule has 1 aromatic heterocycles. The van der Waals surface area contributed by atoms with E-state index >= 15 is 0 Å². The first-order valence-corrected chi connectivity index (χ1v) is 9.92. The topological polar surface area (TPSA) is 121 Å². The molecule has 2 aromatic carbocycles. The van der Waals surface area contributed by atoms with Crippen LogP contribution in [0.1, 0.15) is 33.9 Å². The summed E-state index contributed by atoms with van der Waals surface area (Å²) < 4.78 is 11.3. The minimum atomic E-state index is -0.545. The number of halogens is 2. The molecule has 1 atom stereocenters. The van der Waals surface area contributed by atoms with Gasteiger partial charge in [0.05, 0.1) is 27.6 Å². The molecule has 0 amide bonds. The fourth-order valence-electron chi connectivity index (χ4n) is 3.52. The Hall–Kier alpha value is -3.65. The number of nitriles is 2. The molecule has 2 heterocycles. The Kier molecular flexibility index (Phi) is 5.48. The van der Waals surface area contributed by atoms with Crippen LogP contribution in [-0.2, 0) is 6.61 Å². The van der Waals surface area contributed by atoms with E-state index in [0.717, 1.165) is 5.69 Å². The summed E-state index contributed by atoms with van der Waals surface area (Å²) in [4.78, 5) is 0. The van der Waals surface area contributed by atoms with E-state index in [1.807, 2.05) is 13.0 Å². The zero-order valence-electron chi connectivity index (χ0n) is 16.2. The van der Waals surface area contributed by atoms with Gasteiger partial charge in [0, 0.05) is 16.8 Å². The number of H-pyrrole nitrogens is 1. The Bertz CT molecular complexity index is 1280. The second kappa shape index (κ2) is 8.23. The molecule has 0 radical (unpaired) electrons. The number of nitrogens with zero attached hydrogens (tertiary/aromatic N) is 3. The molecule has 0 spiro atoms. The van der Waals surface area contributed by atoms with Crippen molar-refractivity contribution in [3.8, 4) is 23.8 Å². The van der Waals surface area contributed by atoms with E-state index in [4.69, 9.17) is 38.4 Å². The molecule has 4 rings (SSSR count). The lowest BCUT2D eigenvalue weighted by atomic mass is 9.84. The summed E-state index contributed by atoms with van der Waals surface area (Å²) >= 11 is 13.0. The van der Waals surface area contributed by atoms with E-state index in [0.29, 0.717) is 28.1 Å². The van der Waals surface area contributed by atoms with Crippen LogP contribution in [0.4, 0.5) is 0 Å². The van der Waals surface area contributed by atoms with E-state index in [2.05, 4.69) is 22.3 Å².